The van der Waals surface area contributed by atoms with Crippen molar-refractivity contribution in [3.63, 3.8) is 0 Å². The van der Waals surface area contributed by atoms with Crippen LogP contribution in [0.3, 0.4) is 0 Å². The summed E-state index contributed by atoms with van der Waals surface area (Å²) >= 11 is 1.74. The van der Waals surface area contributed by atoms with Crippen molar-refractivity contribution in [1.82, 2.24) is 20.5 Å². The molecule has 6 heteroatoms. The number of rotatable bonds is 5. The zero-order chi connectivity index (χ0) is 17.5. The summed E-state index contributed by atoms with van der Waals surface area (Å²) in [6.07, 6.45) is 10.6. The molecule has 1 aliphatic heterocycles. The largest absolute Gasteiger partial charge is 0.352 e. The summed E-state index contributed by atoms with van der Waals surface area (Å²) in [4.78, 5) is 11.8. The molecule has 1 saturated carbocycles. The molecule has 0 spiro atoms. The lowest BCUT2D eigenvalue weighted by Gasteiger charge is -2.40. The highest BCUT2D eigenvalue weighted by molar-refractivity contribution is 7.09. The Morgan fingerprint density at radius 3 is 2.84 bits per heavy atom. The van der Waals surface area contributed by atoms with Crippen LogP contribution in [0, 0.1) is 0 Å². The van der Waals surface area contributed by atoms with Gasteiger partial charge in [-0.15, -0.1) is 11.3 Å². The van der Waals surface area contributed by atoms with Crippen molar-refractivity contribution in [1.29, 1.82) is 0 Å². The van der Waals surface area contributed by atoms with Gasteiger partial charge in [-0.3, -0.25) is 9.89 Å². The number of guanidine groups is 1. The van der Waals surface area contributed by atoms with Crippen LogP contribution in [-0.2, 0) is 13.0 Å². The quantitative estimate of drug-likeness (QED) is 0.623. The minimum absolute atomic E-state index is 0.503. The summed E-state index contributed by atoms with van der Waals surface area (Å²) in [5.41, 5.74) is 1.11. The highest BCUT2D eigenvalue weighted by Crippen LogP contribution is 2.25. The highest BCUT2D eigenvalue weighted by Gasteiger charge is 2.27. The Balaban J connectivity index is 1.47. The molecule has 5 nitrogen and oxygen atoms in total. The predicted molar refractivity (Wildman–Crippen MR) is 106 cm³/mol. The summed E-state index contributed by atoms with van der Waals surface area (Å²) < 4.78 is 0. The van der Waals surface area contributed by atoms with Gasteiger partial charge in [0, 0.05) is 31.1 Å². The number of nitrogens with one attached hydrogen (secondary N) is 2. The minimum atomic E-state index is 0.503. The molecule has 2 heterocycles. The molecule has 2 fully saturated rings. The van der Waals surface area contributed by atoms with E-state index in [-0.39, 0.29) is 0 Å². The normalized spacial score (nSPS) is 23.6. The van der Waals surface area contributed by atoms with Gasteiger partial charge >= 0.3 is 0 Å². The van der Waals surface area contributed by atoms with Crippen LogP contribution in [0.4, 0.5) is 0 Å². The first-order valence-corrected chi connectivity index (χ1v) is 10.8. The molecule has 0 bridgehead atoms. The molecule has 2 aliphatic rings. The van der Waals surface area contributed by atoms with Crippen molar-refractivity contribution < 1.29 is 0 Å². The SMILES string of the molecule is CCc1nc(CNC(=NC)NC2CCCN(C3CCCCC3)C2)cs1. The van der Waals surface area contributed by atoms with E-state index < -0.39 is 0 Å². The molecule has 0 amide bonds. The van der Waals surface area contributed by atoms with Crippen molar-refractivity contribution in [2.24, 2.45) is 4.99 Å². The number of aryl methyl sites for hydroxylation is 1. The molecular weight excluding hydrogens is 330 g/mol. The first-order chi connectivity index (χ1) is 12.3. The van der Waals surface area contributed by atoms with Gasteiger partial charge in [-0.1, -0.05) is 26.2 Å². The van der Waals surface area contributed by atoms with Gasteiger partial charge in [-0.25, -0.2) is 4.98 Å². The zero-order valence-corrected chi connectivity index (χ0v) is 16.6. The van der Waals surface area contributed by atoms with E-state index in [0.717, 1.165) is 37.2 Å². The van der Waals surface area contributed by atoms with Gasteiger partial charge in [-0.05, 0) is 38.6 Å². The number of nitrogens with zero attached hydrogens (tertiary/aromatic N) is 3. The van der Waals surface area contributed by atoms with Crippen molar-refractivity contribution in [3.8, 4) is 0 Å². The van der Waals surface area contributed by atoms with Crippen LogP contribution >= 0.6 is 11.3 Å². The summed E-state index contributed by atoms with van der Waals surface area (Å²) in [7, 11) is 1.86. The van der Waals surface area contributed by atoms with E-state index in [0.29, 0.717) is 6.04 Å². The Morgan fingerprint density at radius 1 is 1.28 bits per heavy atom. The maximum atomic E-state index is 4.62. The van der Waals surface area contributed by atoms with Crippen LogP contribution in [0.25, 0.3) is 0 Å². The lowest BCUT2D eigenvalue weighted by molar-refractivity contribution is 0.115. The second kappa shape index (κ2) is 9.53. The average molecular weight is 364 g/mol. The molecule has 2 N–H and O–H groups in total. The number of aliphatic imine (C=N–C) groups is 1. The third-order valence-corrected chi connectivity index (χ3v) is 6.49. The second-order valence-electron chi connectivity index (χ2n) is 7.28. The maximum absolute atomic E-state index is 4.62. The van der Waals surface area contributed by atoms with Crippen molar-refractivity contribution in [2.75, 3.05) is 20.1 Å². The molecule has 1 saturated heterocycles. The number of likely N-dealkylation sites (tertiary alicyclic amines) is 1. The molecule has 3 rings (SSSR count). The smallest absolute Gasteiger partial charge is 0.191 e. The molecule has 140 valence electrons. The Morgan fingerprint density at radius 2 is 2.12 bits per heavy atom. The lowest BCUT2D eigenvalue weighted by atomic mass is 9.92. The van der Waals surface area contributed by atoms with Gasteiger partial charge in [0.25, 0.3) is 0 Å². The van der Waals surface area contributed by atoms with Crippen molar-refractivity contribution >= 4 is 17.3 Å². The van der Waals surface area contributed by atoms with E-state index in [4.69, 9.17) is 0 Å². The third kappa shape index (κ3) is 5.42. The fourth-order valence-corrected chi connectivity index (χ4v) is 4.80. The van der Waals surface area contributed by atoms with Crippen LogP contribution in [0.5, 0.6) is 0 Å². The van der Waals surface area contributed by atoms with Crippen molar-refractivity contribution in [3.05, 3.63) is 16.1 Å². The molecule has 25 heavy (non-hydrogen) atoms. The van der Waals surface area contributed by atoms with E-state index in [9.17, 15) is 0 Å². The van der Waals surface area contributed by atoms with Gasteiger partial charge in [0.15, 0.2) is 5.96 Å². The van der Waals surface area contributed by atoms with Gasteiger partial charge in [0.1, 0.15) is 0 Å². The van der Waals surface area contributed by atoms with E-state index in [1.165, 1.54) is 56.5 Å². The number of piperidine rings is 1. The average Bonchev–Trinajstić information content (AvgIpc) is 3.14. The van der Waals surface area contributed by atoms with Gasteiger partial charge in [-0.2, -0.15) is 0 Å². The highest BCUT2D eigenvalue weighted by atomic mass is 32.1. The molecule has 1 aliphatic carbocycles. The summed E-state index contributed by atoms with van der Waals surface area (Å²) in [6, 6.07) is 1.32. The molecule has 1 aromatic rings. The molecule has 0 radical (unpaired) electrons. The van der Waals surface area contributed by atoms with E-state index in [1.54, 1.807) is 11.3 Å². The number of thiazole rings is 1. The summed E-state index contributed by atoms with van der Waals surface area (Å²) in [5, 5.41) is 10.4. The number of hydrogen-bond donors (Lipinski definition) is 2. The standard InChI is InChI=1S/C19H33N5S/c1-3-18-22-16(14-25-18)12-21-19(20-2)23-15-8-7-11-24(13-15)17-9-5-4-6-10-17/h14-15,17H,3-13H2,1-2H3,(H2,20,21,23). The predicted octanol–water partition coefficient (Wildman–Crippen LogP) is 3.17. The second-order valence-corrected chi connectivity index (χ2v) is 8.22. The van der Waals surface area contributed by atoms with E-state index >= 15 is 0 Å². The first-order valence-electron chi connectivity index (χ1n) is 9.93. The summed E-state index contributed by atoms with van der Waals surface area (Å²) in [6.45, 7) is 5.32. The van der Waals surface area contributed by atoms with Gasteiger partial charge in [0.2, 0.25) is 0 Å². The monoisotopic (exact) mass is 363 g/mol. The first kappa shape index (κ1) is 18.6. The van der Waals surface area contributed by atoms with Crippen LogP contribution in [0.2, 0.25) is 0 Å². The Bertz CT molecular complexity index is 550. The summed E-state index contributed by atoms with van der Waals surface area (Å²) in [5.74, 6) is 0.904. The van der Waals surface area contributed by atoms with Gasteiger partial charge < -0.3 is 10.6 Å². The lowest BCUT2D eigenvalue weighted by Crippen LogP contribution is -2.53. The Kier molecular flexibility index (Phi) is 7.11. The maximum Gasteiger partial charge on any atom is 0.191 e. The Labute approximate surface area is 156 Å². The van der Waals surface area contributed by atoms with Crippen LogP contribution in [-0.4, -0.2) is 48.1 Å². The number of hydrogen-bond acceptors (Lipinski definition) is 4. The van der Waals surface area contributed by atoms with Crippen LogP contribution in [0.1, 0.15) is 62.6 Å². The van der Waals surface area contributed by atoms with Gasteiger partial charge in [0.05, 0.1) is 17.2 Å². The van der Waals surface area contributed by atoms with Crippen molar-refractivity contribution in [2.45, 2.75) is 76.9 Å². The van der Waals surface area contributed by atoms with Crippen LogP contribution in [0.15, 0.2) is 10.4 Å². The third-order valence-electron chi connectivity index (χ3n) is 5.45. The van der Waals surface area contributed by atoms with E-state index in [1.807, 2.05) is 7.05 Å². The zero-order valence-electron chi connectivity index (χ0n) is 15.8. The van der Waals surface area contributed by atoms with Crippen LogP contribution < -0.4 is 10.6 Å². The fraction of sp³-hybridized carbons (Fsp3) is 0.789. The van der Waals surface area contributed by atoms with E-state index in [2.05, 4.69) is 37.8 Å². The molecule has 1 atom stereocenters. The molecular formula is C19H33N5S. The molecule has 1 unspecified atom stereocenters. The minimum Gasteiger partial charge on any atom is -0.352 e. The fourth-order valence-electron chi connectivity index (χ4n) is 4.06. The molecule has 0 aromatic carbocycles. The molecule has 1 aromatic heterocycles. The Hall–Kier alpha value is -1.14. The topological polar surface area (TPSA) is 52.6 Å². The number of aromatic nitrogens is 1.